The lowest BCUT2D eigenvalue weighted by Gasteiger charge is -2.32. The quantitative estimate of drug-likeness (QED) is 0.740. The lowest BCUT2D eigenvalue weighted by Crippen LogP contribution is -2.41. The van der Waals surface area contributed by atoms with E-state index in [9.17, 15) is 0 Å². The maximum absolute atomic E-state index is 6.15. The summed E-state index contributed by atoms with van der Waals surface area (Å²) in [7, 11) is -0.343. The van der Waals surface area contributed by atoms with Crippen LogP contribution in [0.2, 0.25) is 0 Å². The number of halogens is 1. The van der Waals surface area contributed by atoms with Crippen LogP contribution in [0.15, 0.2) is 53.0 Å². The second kappa shape index (κ2) is 5.52. The zero-order valence-corrected chi connectivity index (χ0v) is 15.0. The van der Waals surface area contributed by atoms with Crippen molar-refractivity contribution in [2.45, 2.75) is 38.9 Å². The van der Waals surface area contributed by atoms with Gasteiger partial charge in [0.2, 0.25) is 0 Å². The molecule has 2 aromatic carbocycles. The Morgan fingerprint density at radius 3 is 2.00 bits per heavy atom. The molecule has 4 heteroatoms. The van der Waals surface area contributed by atoms with Crippen LogP contribution in [0.4, 0.5) is 0 Å². The third-order valence-corrected chi connectivity index (χ3v) is 5.01. The molecule has 1 heterocycles. The Morgan fingerprint density at radius 2 is 1.41 bits per heavy atom. The molecule has 0 N–H and O–H groups in total. The number of hydrogen-bond donors (Lipinski definition) is 0. The Labute approximate surface area is 141 Å². The largest absolute Gasteiger partial charge is 0.494 e. The van der Waals surface area contributed by atoms with Gasteiger partial charge in [-0.2, -0.15) is 0 Å². The smallest absolute Gasteiger partial charge is 0.399 e. The monoisotopic (exact) mass is 358 g/mol. The summed E-state index contributed by atoms with van der Waals surface area (Å²) in [6.45, 7) is 8.29. The van der Waals surface area contributed by atoms with E-state index in [1.165, 1.54) is 5.56 Å². The zero-order chi connectivity index (χ0) is 16.0. The summed E-state index contributed by atoms with van der Waals surface area (Å²) < 4.78 is 13.3. The van der Waals surface area contributed by atoms with Crippen molar-refractivity contribution >= 4 is 28.5 Å². The standard InChI is InChI=1S/C18H20BBrO2/c1-17(2)18(3,4)22-19(21-17)15-10-14(11-16(20)12-15)13-8-6-5-7-9-13/h5-12H,1-4H3. The molecule has 2 nitrogen and oxygen atoms in total. The Balaban J connectivity index is 1.98. The van der Waals surface area contributed by atoms with Gasteiger partial charge < -0.3 is 9.31 Å². The van der Waals surface area contributed by atoms with Gasteiger partial charge in [0.25, 0.3) is 0 Å². The molecule has 1 saturated heterocycles. The molecule has 1 aliphatic heterocycles. The van der Waals surface area contributed by atoms with Crippen molar-refractivity contribution in [1.82, 2.24) is 0 Å². The molecule has 0 aliphatic carbocycles. The van der Waals surface area contributed by atoms with Crippen molar-refractivity contribution < 1.29 is 9.31 Å². The second-order valence-electron chi connectivity index (χ2n) is 6.73. The van der Waals surface area contributed by atoms with E-state index in [1.807, 2.05) is 18.2 Å². The van der Waals surface area contributed by atoms with E-state index < -0.39 is 0 Å². The molecule has 0 bridgehead atoms. The summed E-state index contributed by atoms with van der Waals surface area (Å²) >= 11 is 3.60. The van der Waals surface area contributed by atoms with Crippen molar-refractivity contribution in [3.05, 3.63) is 53.0 Å². The van der Waals surface area contributed by atoms with E-state index in [2.05, 4.69) is 74.0 Å². The predicted molar refractivity (Wildman–Crippen MR) is 95.3 cm³/mol. The predicted octanol–water partition coefficient (Wildman–Crippen LogP) is 4.42. The Morgan fingerprint density at radius 1 is 0.818 bits per heavy atom. The highest BCUT2D eigenvalue weighted by Crippen LogP contribution is 2.37. The average Bonchev–Trinajstić information content (AvgIpc) is 2.68. The zero-order valence-electron chi connectivity index (χ0n) is 13.4. The lowest BCUT2D eigenvalue weighted by atomic mass is 9.78. The van der Waals surface area contributed by atoms with Crippen LogP contribution >= 0.6 is 15.9 Å². The summed E-state index contributed by atoms with van der Waals surface area (Å²) in [5.74, 6) is 0. The Bertz CT molecular complexity index is 667. The van der Waals surface area contributed by atoms with Crippen LogP contribution in [0, 0.1) is 0 Å². The highest BCUT2D eigenvalue weighted by molar-refractivity contribution is 9.10. The van der Waals surface area contributed by atoms with Gasteiger partial charge in [0, 0.05) is 4.47 Å². The molecule has 0 aromatic heterocycles. The van der Waals surface area contributed by atoms with Crippen LogP contribution in [-0.2, 0) is 9.31 Å². The summed E-state index contributed by atoms with van der Waals surface area (Å²) in [6.07, 6.45) is 0. The Hall–Kier alpha value is -1.10. The molecule has 114 valence electrons. The highest BCUT2D eigenvalue weighted by atomic mass is 79.9. The van der Waals surface area contributed by atoms with Crippen LogP contribution in [0.3, 0.4) is 0 Å². The van der Waals surface area contributed by atoms with E-state index in [1.54, 1.807) is 0 Å². The second-order valence-corrected chi connectivity index (χ2v) is 7.64. The first-order valence-corrected chi connectivity index (χ1v) is 8.29. The van der Waals surface area contributed by atoms with Gasteiger partial charge in [-0.05, 0) is 56.4 Å². The maximum atomic E-state index is 6.15. The molecule has 0 unspecified atom stereocenters. The summed E-state index contributed by atoms with van der Waals surface area (Å²) in [5, 5.41) is 0. The fraction of sp³-hybridized carbons (Fsp3) is 0.333. The average molecular weight is 359 g/mol. The molecule has 0 radical (unpaired) electrons. The van der Waals surface area contributed by atoms with E-state index in [-0.39, 0.29) is 18.3 Å². The molecular formula is C18H20BBrO2. The molecular weight excluding hydrogens is 339 g/mol. The minimum atomic E-state index is -0.343. The van der Waals surface area contributed by atoms with Gasteiger partial charge in [0.1, 0.15) is 0 Å². The molecule has 0 amide bonds. The third-order valence-electron chi connectivity index (χ3n) is 4.55. The van der Waals surface area contributed by atoms with Gasteiger partial charge in [0.15, 0.2) is 0 Å². The fourth-order valence-electron chi connectivity index (χ4n) is 2.52. The van der Waals surface area contributed by atoms with E-state index >= 15 is 0 Å². The molecule has 3 rings (SSSR count). The van der Waals surface area contributed by atoms with Gasteiger partial charge in [-0.3, -0.25) is 0 Å². The first-order valence-electron chi connectivity index (χ1n) is 7.50. The number of benzene rings is 2. The van der Waals surface area contributed by atoms with E-state index in [4.69, 9.17) is 9.31 Å². The summed E-state index contributed by atoms with van der Waals surface area (Å²) in [6, 6.07) is 16.7. The lowest BCUT2D eigenvalue weighted by molar-refractivity contribution is 0.00578. The SMILES string of the molecule is CC1(C)OB(c2cc(Br)cc(-c3ccccc3)c2)OC1(C)C. The number of hydrogen-bond acceptors (Lipinski definition) is 2. The van der Waals surface area contributed by atoms with Crippen LogP contribution in [0.25, 0.3) is 11.1 Å². The van der Waals surface area contributed by atoms with Crippen LogP contribution in [0.5, 0.6) is 0 Å². The summed E-state index contributed by atoms with van der Waals surface area (Å²) in [4.78, 5) is 0. The third kappa shape index (κ3) is 2.88. The minimum absolute atomic E-state index is 0.326. The molecule has 2 aromatic rings. The molecule has 1 fully saturated rings. The van der Waals surface area contributed by atoms with Crippen LogP contribution in [0.1, 0.15) is 27.7 Å². The van der Waals surface area contributed by atoms with Gasteiger partial charge >= 0.3 is 7.12 Å². The molecule has 0 spiro atoms. The summed E-state index contributed by atoms with van der Waals surface area (Å²) in [5.41, 5.74) is 2.72. The van der Waals surface area contributed by atoms with Crippen molar-refractivity contribution in [3.8, 4) is 11.1 Å². The van der Waals surface area contributed by atoms with E-state index in [0.29, 0.717) is 0 Å². The molecule has 22 heavy (non-hydrogen) atoms. The first-order chi connectivity index (χ1) is 10.3. The topological polar surface area (TPSA) is 18.5 Å². The van der Waals surface area contributed by atoms with Gasteiger partial charge in [-0.25, -0.2) is 0 Å². The first kappa shape index (κ1) is 15.8. The van der Waals surface area contributed by atoms with Crippen LogP contribution in [-0.4, -0.2) is 18.3 Å². The van der Waals surface area contributed by atoms with Crippen LogP contribution < -0.4 is 5.46 Å². The normalized spacial score (nSPS) is 19.4. The molecule has 1 aliphatic rings. The molecule has 0 saturated carbocycles. The fourth-order valence-corrected chi connectivity index (χ4v) is 3.04. The van der Waals surface area contributed by atoms with Crippen molar-refractivity contribution in [2.24, 2.45) is 0 Å². The van der Waals surface area contributed by atoms with Gasteiger partial charge in [-0.1, -0.05) is 52.3 Å². The van der Waals surface area contributed by atoms with Crippen molar-refractivity contribution in [1.29, 1.82) is 0 Å². The van der Waals surface area contributed by atoms with Gasteiger partial charge in [0.05, 0.1) is 11.2 Å². The number of rotatable bonds is 2. The van der Waals surface area contributed by atoms with Gasteiger partial charge in [-0.15, -0.1) is 0 Å². The van der Waals surface area contributed by atoms with E-state index in [0.717, 1.165) is 15.5 Å². The van der Waals surface area contributed by atoms with Crippen molar-refractivity contribution in [3.63, 3.8) is 0 Å². The maximum Gasteiger partial charge on any atom is 0.494 e. The highest BCUT2D eigenvalue weighted by Gasteiger charge is 2.51. The Kier molecular flexibility index (Phi) is 3.96. The van der Waals surface area contributed by atoms with Crippen molar-refractivity contribution in [2.75, 3.05) is 0 Å². The minimum Gasteiger partial charge on any atom is -0.399 e. The molecule has 0 atom stereocenters.